The first-order valence-electron chi connectivity index (χ1n) is 9.95. The van der Waals surface area contributed by atoms with Crippen LogP contribution < -0.4 is 4.74 Å². The van der Waals surface area contributed by atoms with E-state index in [4.69, 9.17) is 15.1 Å². The van der Waals surface area contributed by atoms with Crippen LogP contribution in [0, 0.1) is 5.92 Å². The predicted molar refractivity (Wildman–Crippen MR) is 104 cm³/mol. The first-order chi connectivity index (χ1) is 13.5. The van der Waals surface area contributed by atoms with E-state index < -0.39 is 17.6 Å². The highest BCUT2D eigenvalue weighted by Crippen LogP contribution is 2.35. The van der Waals surface area contributed by atoms with Crippen LogP contribution in [0.3, 0.4) is 0 Å². The van der Waals surface area contributed by atoms with E-state index in [1.165, 1.54) is 41.7 Å². The molecule has 0 bridgehead atoms. The summed E-state index contributed by atoms with van der Waals surface area (Å²) in [4.78, 5) is 24.6. The Bertz CT molecular complexity index is 747. The molecule has 3 rings (SSSR count). The maximum absolute atomic E-state index is 12.2. The maximum Gasteiger partial charge on any atom is 0.363 e. The number of carboxylic acids is 1. The highest BCUT2D eigenvalue weighted by atomic mass is 16.5. The lowest BCUT2D eigenvalue weighted by Crippen LogP contribution is -2.44. The van der Waals surface area contributed by atoms with Gasteiger partial charge in [0, 0.05) is 13.1 Å². The number of carbonyl (C=O) groups excluding carboxylic acids is 1. The molecule has 7 nitrogen and oxygen atoms in total. The molecule has 1 saturated carbocycles. The SMILES string of the molecule is COc1ccc(C2CCN(C(=O)/C(=N/O)C(=O)O)CC2)cc1CC1CCCC1. The lowest BCUT2D eigenvalue weighted by molar-refractivity contribution is -0.132. The van der Waals surface area contributed by atoms with Crippen LogP contribution >= 0.6 is 0 Å². The zero-order chi connectivity index (χ0) is 20.1. The fourth-order valence-electron chi connectivity index (χ4n) is 4.48. The molecule has 7 heteroatoms. The van der Waals surface area contributed by atoms with Crippen molar-refractivity contribution < 1.29 is 24.6 Å². The van der Waals surface area contributed by atoms with Gasteiger partial charge in [0.1, 0.15) is 5.75 Å². The second-order valence-corrected chi connectivity index (χ2v) is 7.75. The van der Waals surface area contributed by atoms with Gasteiger partial charge in [-0.15, -0.1) is 0 Å². The Morgan fingerprint density at radius 3 is 2.43 bits per heavy atom. The van der Waals surface area contributed by atoms with Crippen LogP contribution in [-0.4, -0.2) is 53.0 Å². The van der Waals surface area contributed by atoms with Crippen molar-refractivity contribution in [2.24, 2.45) is 11.1 Å². The summed E-state index contributed by atoms with van der Waals surface area (Å²) in [6.45, 7) is 0.888. The second kappa shape index (κ2) is 9.08. The highest BCUT2D eigenvalue weighted by molar-refractivity contribution is 6.63. The molecule has 1 aromatic rings. The molecule has 1 saturated heterocycles. The van der Waals surface area contributed by atoms with Crippen LogP contribution in [0.5, 0.6) is 5.75 Å². The number of methoxy groups -OCH3 is 1. The molecule has 28 heavy (non-hydrogen) atoms. The average Bonchev–Trinajstić information content (AvgIpc) is 3.21. The van der Waals surface area contributed by atoms with Gasteiger partial charge in [-0.3, -0.25) is 4.79 Å². The molecular weight excluding hydrogens is 360 g/mol. The molecule has 1 heterocycles. The van der Waals surface area contributed by atoms with Crippen LogP contribution in [0.4, 0.5) is 0 Å². The highest BCUT2D eigenvalue weighted by Gasteiger charge is 2.30. The normalized spacial score (nSPS) is 19.0. The summed E-state index contributed by atoms with van der Waals surface area (Å²) in [6, 6.07) is 6.38. The number of benzene rings is 1. The van der Waals surface area contributed by atoms with E-state index in [2.05, 4.69) is 17.3 Å². The Morgan fingerprint density at radius 2 is 1.86 bits per heavy atom. The molecule has 2 N–H and O–H groups in total. The lowest BCUT2D eigenvalue weighted by Gasteiger charge is -2.32. The molecule has 2 aliphatic rings. The molecule has 1 aliphatic carbocycles. The smallest absolute Gasteiger partial charge is 0.363 e. The van der Waals surface area contributed by atoms with Crippen LogP contribution in [0.15, 0.2) is 23.4 Å². The van der Waals surface area contributed by atoms with E-state index in [9.17, 15) is 9.59 Å². The standard InChI is InChI=1S/C21H28N2O5/c1-28-18-7-6-16(13-17(18)12-14-4-2-3-5-14)15-8-10-23(11-9-15)20(24)19(22-27)21(25)26/h6-7,13-15,27H,2-5,8-12H2,1H3,(H,25,26)/b22-19-. The molecule has 1 aromatic carbocycles. The number of carboxylic acid groups (broad SMARTS) is 1. The van der Waals surface area contributed by atoms with Gasteiger partial charge in [-0.25, -0.2) is 4.79 Å². The summed E-state index contributed by atoms with van der Waals surface area (Å²) >= 11 is 0. The van der Waals surface area contributed by atoms with Crippen LogP contribution in [0.1, 0.15) is 55.6 Å². The van der Waals surface area contributed by atoms with Crippen molar-refractivity contribution in [2.75, 3.05) is 20.2 Å². The third-order valence-corrected chi connectivity index (χ3v) is 6.05. The van der Waals surface area contributed by atoms with E-state index >= 15 is 0 Å². The minimum atomic E-state index is -1.51. The number of oxime groups is 1. The second-order valence-electron chi connectivity index (χ2n) is 7.75. The summed E-state index contributed by atoms with van der Waals surface area (Å²) in [5.41, 5.74) is 1.67. The monoisotopic (exact) mass is 388 g/mol. The minimum Gasteiger partial charge on any atom is -0.496 e. The van der Waals surface area contributed by atoms with Gasteiger partial charge in [0.25, 0.3) is 11.6 Å². The van der Waals surface area contributed by atoms with Crippen molar-refractivity contribution in [3.63, 3.8) is 0 Å². The number of carbonyl (C=O) groups is 2. The average molecular weight is 388 g/mol. The molecule has 1 aliphatic heterocycles. The number of hydrogen-bond donors (Lipinski definition) is 2. The third kappa shape index (κ3) is 4.46. The lowest BCUT2D eigenvalue weighted by atomic mass is 9.86. The van der Waals surface area contributed by atoms with Gasteiger partial charge in [-0.1, -0.05) is 43.0 Å². The number of amides is 1. The summed E-state index contributed by atoms with van der Waals surface area (Å²) in [5, 5.41) is 20.4. The Morgan fingerprint density at radius 1 is 1.18 bits per heavy atom. The molecule has 2 fully saturated rings. The molecule has 0 unspecified atom stereocenters. The number of hydrogen-bond acceptors (Lipinski definition) is 5. The van der Waals surface area contributed by atoms with Crippen LogP contribution in [0.25, 0.3) is 0 Å². The Labute approximate surface area is 165 Å². The molecule has 0 spiro atoms. The summed E-state index contributed by atoms with van der Waals surface area (Å²) < 4.78 is 5.56. The van der Waals surface area contributed by atoms with E-state index in [0.717, 1.165) is 30.9 Å². The van der Waals surface area contributed by atoms with E-state index in [0.29, 0.717) is 19.0 Å². The molecule has 1 amide bonds. The van der Waals surface area contributed by atoms with E-state index in [-0.39, 0.29) is 0 Å². The Balaban J connectivity index is 1.66. The van der Waals surface area contributed by atoms with Crippen molar-refractivity contribution in [2.45, 2.75) is 50.9 Å². The molecule has 0 atom stereocenters. The number of piperidine rings is 1. The van der Waals surface area contributed by atoms with Gasteiger partial charge in [-0.05, 0) is 48.3 Å². The van der Waals surface area contributed by atoms with Gasteiger partial charge >= 0.3 is 5.97 Å². The van der Waals surface area contributed by atoms with E-state index in [1.54, 1.807) is 7.11 Å². The number of nitrogens with zero attached hydrogens (tertiary/aromatic N) is 2. The topological polar surface area (TPSA) is 99.4 Å². The predicted octanol–water partition coefficient (Wildman–Crippen LogP) is 3.05. The van der Waals surface area contributed by atoms with E-state index in [1.807, 2.05) is 6.07 Å². The zero-order valence-electron chi connectivity index (χ0n) is 16.3. The first kappa shape index (κ1) is 20.2. The fourth-order valence-corrected chi connectivity index (χ4v) is 4.48. The van der Waals surface area contributed by atoms with Crippen molar-refractivity contribution in [3.05, 3.63) is 29.3 Å². The quantitative estimate of drug-likeness (QED) is 0.338. The fraction of sp³-hybridized carbons (Fsp3) is 0.571. The molecule has 152 valence electrons. The third-order valence-electron chi connectivity index (χ3n) is 6.05. The Hall–Kier alpha value is -2.57. The van der Waals surface area contributed by atoms with Crippen LogP contribution in [0.2, 0.25) is 0 Å². The Kier molecular flexibility index (Phi) is 6.54. The summed E-state index contributed by atoms with van der Waals surface area (Å²) in [7, 11) is 1.71. The summed E-state index contributed by atoms with van der Waals surface area (Å²) in [5.74, 6) is -0.257. The number of aliphatic carboxylic acids is 1. The van der Waals surface area contributed by atoms with Crippen LogP contribution in [-0.2, 0) is 16.0 Å². The van der Waals surface area contributed by atoms with Crippen molar-refractivity contribution >= 4 is 17.6 Å². The van der Waals surface area contributed by atoms with Gasteiger partial charge < -0.3 is 20.0 Å². The minimum absolute atomic E-state index is 0.316. The first-order valence-corrected chi connectivity index (χ1v) is 9.95. The number of ether oxygens (including phenoxy) is 1. The van der Waals surface area contributed by atoms with Gasteiger partial charge in [0.05, 0.1) is 7.11 Å². The molecule has 0 aromatic heterocycles. The largest absolute Gasteiger partial charge is 0.496 e. The maximum atomic E-state index is 12.2. The zero-order valence-corrected chi connectivity index (χ0v) is 16.3. The number of rotatable bonds is 6. The molecular formula is C21H28N2O5. The summed E-state index contributed by atoms with van der Waals surface area (Å²) in [6.07, 6.45) is 7.74. The van der Waals surface area contributed by atoms with Crippen molar-refractivity contribution in [1.29, 1.82) is 0 Å². The molecule has 0 radical (unpaired) electrons. The van der Waals surface area contributed by atoms with Gasteiger partial charge in [0.15, 0.2) is 0 Å². The van der Waals surface area contributed by atoms with Gasteiger partial charge in [0.2, 0.25) is 0 Å². The number of likely N-dealkylation sites (tertiary alicyclic amines) is 1. The van der Waals surface area contributed by atoms with Crippen molar-refractivity contribution in [1.82, 2.24) is 4.90 Å². The van der Waals surface area contributed by atoms with Crippen molar-refractivity contribution in [3.8, 4) is 5.75 Å². The van der Waals surface area contributed by atoms with Gasteiger partial charge in [-0.2, -0.15) is 0 Å².